The molecule has 2 N–H and O–H groups in total. The minimum absolute atomic E-state index is 0.0118. The van der Waals surface area contributed by atoms with Crippen LogP contribution in [0.5, 0.6) is 0 Å². The van der Waals surface area contributed by atoms with E-state index in [2.05, 4.69) is 16.3 Å². The van der Waals surface area contributed by atoms with Crippen molar-refractivity contribution in [3.05, 3.63) is 41.1 Å². The Bertz CT molecular complexity index is 892. The van der Waals surface area contributed by atoms with E-state index in [1.54, 1.807) is 6.92 Å². The number of hydrogen-bond donors (Lipinski definition) is 2. The Balaban J connectivity index is 1.83. The molecule has 6 nitrogen and oxygen atoms in total. The van der Waals surface area contributed by atoms with E-state index in [0.29, 0.717) is 25.0 Å². The number of Topliss-reactive ketones (excluding diaryl/α,β-unsaturated/α-hetero) is 1. The highest BCUT2D eigenvalue weighted by Gasteiger charge is 2.68. The van der Waals surface area contributed by atoms with Gasteiger partial charge in [-0.15, -0.1) is 0 Å². The smallest absolute Gasteiger partial charge is 0.335 e. The van der Waals surface area contributed by atoms with Crippen LogP contribution in [0.3, 0.4) is 0 Å². The number of fused-ring (bicyclic) bond motifs is 1. The minimum atomic E-state index is -0.710. The monoisotopic (exact) mass is 368 g/mol. The van der Waals surface area contributed by atoms with Gasteiger partial charge in [-0.1, -0.05) is 18.2 Å². The summed E-state index contributed by atoms with van der Waals surface area (Å²) in [4.78, 5) is 27.6. The van der Waals surface area contributed by atoms with Crippen molar-refractivity contribution in [2.45, 2.75) is 43.7 Å². The van der Waals surface area contributed by atoms with Crippen molar-refractivity contribution >= 4 is 17.4 Å². The van der Waals surface area contributed by atoms with Gasteiger partial charge in [-0.3, -0.25) is 9.69 Å². The van der Waals surface area contributed by atoms with Crippen LogP contribution in [0.1, 0.15) is 31.7 Å². The van der Waals surface area contributed by atoms with Gasteiger partial charge < -0.3 is 15.2 Å². The number of carbonyl (C=O) groups excluding carboxylic acids is 2. The first-order chi connectivity index (χ1) is 12.9. The fourth-order valence-electron chi connectivity index (χ4n) is 6.32. The van der Waals surface area contributed by atoms with Gasteiger partial charge in [0.2, 0.25) is 0 Å². The molecule has 0 bridgehead atoms. The van der Waals surface area contributed by atoms with E-state index in [4.69, 9.17) is 4.74 Å². The molecule has 0 saturated carbocycles. The standard InChI is InChI=1S/C21H24N2O4/c1-12(24)20-9-13(25)11-23-8-7-21(19(20)23)15-5-3-4-6-16(15)22-17(21)14(10-20)18(26)27-2/h3-6,12,19,22,24H,7-11H2,1-2H3/t12-,19?,20-,21-/m0/s1. The van der Waals surface area contributed by atoms with Gasteiger partial charge in [-0.2, -0.15) is 0 Å². The number of aliphatic hydroxyl groups is 1. The molecule has 1 aromatic carbocycles. The number of rotatable bonds is 2. The maximum absolute atomic E-state index is 12.8. The summed E-state index contributed by atoms with van der Waals surface area (Å²) in [6.45, 7) is 2.96. The molecule has 4 aliphatic rings. The lowest BCUT2D eigenvalue weighted by molar-refractivity contribution is -0.144. The van der Waals surface area contributed by atoms with Crippen molar-refractivity contribution in [2.24, 2.45) is 5.41 Å². The Labute approximate surface area is 158 Å². The van der Waals surface area contributed by atoms with Gasteiger partial charge in [0, 0.05) is 35.8 Å². The van der Waals surface area contributed by atoms with Gasteiger partial charge in [0.05, 0.1) is 30.7 Å². The Morgan fingerprint density at radius 3 is 2.89 bits per heavy atom. The fraction of sp³-hybridized carbons (Fsp3) is 0.524. The van der Waals surface area contributed by atoms with Crippen LogP contribution in [0.2, 0.25) is 0 Å². The topological polar surface area (TPSA) is 78.9 Å². The molecule has 3 aliphatic heterocycles. The quantitative estimate of drug-likeness (QED) is 0.772. The Morgan fingerprint density at radius 2 is 2.15 bits per heavy atom. The highest BCUT2D eigenvalue weighted by molar-refractivity contribution is 5.94. The van der Waals surface area contributed by atoms with Gasteiger partial charge in [0.1, 0.15) is 5.78 Å². The van der Waals surface area contributed by atoms with Gasteiger partial charge in [-0.05, 0) is 31.4 Å². The van der Waals surface area contributed by atoms with Crippen LogP contribution < -0.4 is 5.32 Å². The average Bonchev–Trinajstić information content (AvgIpc) is 3.20. The predicted molar refractivity (Wildman–Crippen MR) is 99.1 cm³/mol. The molecule has 1 aliphatic carbocycles. The van der Waals surface area contributed by atoms with E-state index in [0.717, 1.165) is 29.9 Å². The third-order valence-electron chi connectivity index (χ3n) is 7.26. The molecule has 5 rings (SSSR count). The zero-order valence-electron chi connectivity index (χ0n) is 15.6. The molecule has 0 aromatic heterocycles. The number of hydrogen-bond acceptors (Lipinski definition) is 6. The van der Waals surface area contributed by atoms with Crippen LogP contribution >= 0.6 is 0 Å². The molecule has 1 aromatic rings. The van der Waals surface area contributed by atoms with E-state index in [1.807, 2.05) is 18.2 Å². The van der Waals surface area contributed by atoms with Crippen LogP contribution in [0.15, 0.2) is 35.5 Å². The van der Waals surface area contributed by atoms with Crippen molar-refractivity contribution in [1.29, 1.82) is 0 Å². The van der Waals surface area contributed by atoms with Crippen LogP contribution in [-0.2, 0) is 19.7 Å². The normalized spacial score (nSPS) is 35.2. The largest absolute Gasteiger partial charge is 0.466 e. The molecule has 2 fully saturated rings. The highest BCUT2D eigenvalue weighted by Crippen LogP contribution is 2.64. The summed E-state index contributed by atoms with van der Waals surface area (Å²) in [5.74, 6) is -0.240. The summed E-state index contributed by atoms with van der Waals surface area (Å²) in [6.07, 6.45) is 0.753. The summed E-state index contributed by atoms with van der Waals surface area (Å²) in [6, 6.07) is 8.14. The SMILES string of the molecule is COC(=O)C1=C2Nc3ccccc3[C@@]23CCN2CC(=O)C[C@@]([C@H](C)O)(C1)C23. The van der Waals surface area contributed by atoms with Gasteiger partial charge >= 0.3 is 5.97 Å². The van der Waals surface area contributed by atoms with E-state index in [9.17, 15) is 14.7 Å². The number of carbonyl (C=O) groups is 2. The molecule has 3 heterocycles. The molecule has 0 radical (unpaired) electrons. The first kappa shape index (κ1) is 17.0. The second-order valence-electron chi connectivity index (χ2n) is 8.41. The number of benzene rings is 1. The second-order valence-corrected chi connectivity index (χ2v) is 8.41. The third-order valence-corrected chi connectivity index (χ3v) is 7.26. The van der Waals surface area contributed by atoms with Gasteiger partial charge in [0.25, 0.3) is 0 Å². The van der Waals surface area contributed by atoms with Crippen LogP contribution in [0, 0.1) is 5.41 Å². The molecule has 4 atom stereocenters. The second kappa shape index (κ2) is 5.42. The molecular weight excluding hydrogens is 344 g/mol. The predicted octanol–water partition coefficient (Wildman–Crippen LogP) is 1.59. The van der Waals surface area contributed by atoms with Crippen LogP contribution in [0.4, 0.5) is 5.69 Å². The Morgan fingerprint density at radius 1 is 1.37 bits per heavy atom. The van der Waals surface area contributed by atoms with Gasteiger partial charge in [0.15, 0.2) is 0 Å². The van der Waals surface area contributed by atoms with Crippen molar-refractivity contribution in [2.75, 3.05) is 25.5 Å². The number of para-hydroxylation sites is 1. The molecule has 2 saturated heterocycles. The number of anilines is 1. The maximum atomic E-state index is 12.8. The summed E-state index contributed by atoms with van der Waals surface area (Å²) in [5.41, 5.74) is 2.56. The number of nitrogens with zero attached hydrogens (tertiary/aromatic N) is 1. The molecule has 142 valence electrons. The Hall–Kier alpha value is -2.18. The third kappa shape index (κ3) is 1.92. The number of nitrogens with one attached hydrogen (secondary N) is 1. The maximum Gasteiger partial charge on any atom is 0.335 e. The first-order valence-electron chi connectivity index (χ1n) is 9.56. The van der Waals surface area contributed by atoms with Crippen LogP contribution in [0.25, 0.3) is 0 Å². The summed E-state index contributed by atoms with van der Waals surface area (Å²) in [5, 5.41) is 14.4. The van der Waals surface area contributed by atoms with Crippen molar-refractivity contribution in [1.82, 2.24) is 4.90 Å². The average molecular weight is 368 g/mol. The lowest BCUT2D eigenvalue weighted by Crippen LogP contribution is -2.65. The lowest BCUT2D eigenvalue weighted by atomic mass is 9.52. The van der Waals surface area contributed by atoms with Gasteiger partial charge in [-0.25, -0.2) is 4.79 Å². The zero-order chi connectivity index (χ0) is 19.0. The molecule has 1 spiro atoms. The summed E-state index contributed by atoms with van der Waals surface area (Å²) in [7, 11) is 1.39. The number of aliphatic hydroxyl groups excluding tert-OH is 1. The number of ketones is 1. The highest BCUT2D eigenvalue weighted by atomic mass is 16.5. The van der Waals surface area contributed by atoms with Crippen molar-refractivity contribution < 1.29 is 19.4 Å². The number of methoxy groups -OCH3 is 1. The number of esters is 1. The molecule has 0 amide bonds. The van der Waals surface area contributed by atoms with E-state index in [-0.39, 0.29) is 17.8 Å². The summed E-state index contributed by atoms with van der Waals surface area (Å²) >= 11 is 0. The zero-order valence-corrected chi connectivity index (χ0v) is 15.6. The first-order valence-corrected chi connectivity index (χ1v) is 9.56. The summed E-state index contributed by atoms with van der Waals surface area (Å²) < 4.78 is 5.11. The Kier molecular flexibility index (Phi) is 3.41. The molecular formula is C21H24N2O4. The molecule has 27 heavy (non-hydrogen) atoms. The fourth-order valence-corrected chi connectivity index (χ4v) is 6.32. The number of ether oxygens (including phenoxy) is 1. The van der Waals surface area contributed by atoms with E-state index < -0.39 is 16.9 Å². The van der Waals surface area contributed by atoms with Crippen LogP contribution in [-0.4, -0.2) is 54.1 Å². The van der Waals surface area contributed by atoms with E-state index in [1.165, 1.54) is 7.11 Å². The van der Waals surface area contributed by atoms with Crippen molar-refractivity contribution in [3.63, 3.8) is 0 Å². The number of piperidine rings is 1. The molecule has 1 unspecified atom stereocenters. The lowest BCUT2D eigenvalue weighted by Gasteiger charge is -2.56. The van der Waals surface area contributed by atoms with Crippen molar-refractivity contribution in [3.8, 4) is 0 Å². The minimum Gasteiger partial charge on any atom is -0.466 e. The molecule has 6 heteroatoms. The van der Waals surface area contributed by atoms with E-state index >= 15 is 0 Å².